The van der Waals surface area contributed by atoms with Crippen molar-refractivity contribution in [3.05, 3.63) is 63.6 Å². The largest absolute Gasteiger partial charge is 0.355 e. The lowest BCUT2D eigenvalue weighted by atomic mass is 10.1. The van der Waals surface area contributed by atoms with Crippen molar-refractivity contribution in [3.63, 3.8) is 0 Å². The second-order valence-electron chi connectivity index (χ2n) is 7.35. The predicted octanol–water partition coefficient (Wildman–Crippen LogP) is 3.08. The van der Waals surface area contributed by atoms with Crippen molar-refractivity contribution < 1.29 is 22.8 Å². The van der Waals surface area contributed by atoms with Crippen LogP contribution in [0.25, 0.3) is 0 Å². The summed E-state index contributed by atoms with van der Waals surface area (Å²) < 4.78 is 26.3. The van der Waals surface area contributed by atoms with Crippen molar-refractivity contribution in [2.45, 2.75) is 37.8 Å². The second-order valence-corrected chi connectivity index (χ2v) is 10.00. The van der Waals surface area contributed by atoms with Gasteiger partial charge in [-0.25, -0.2) is 12.7 Å². The van der Waals surface area contributed by atoms with E-state index in [0.29, 0.717) is 26.5 Å². The molecule has 1 heterocycles. The number of nitrogens with zero attached hydrogens (tertiary/aromatic N) is 2. The van der Waals surface area contributed by atoms with Crippen LogP contribution in [0.1, 0.15) is 36.2 Å². The predicted molar refractivity (Wildman–Crippen MR) is 124 cm³/mol. The number of carbonyl (C=O) groups is 3. The zero-order chi connectivity index (χ0) is 24.3. The van der Waals surface area contributed by atoms with Crippen LogP contribution in [0.3, 0.4) is 0 Å². The normalized spacial score (nSPS) is 15.2. The molecule has 1 unspecified atom stereocenters. The summed E-state index contributed by atoms with van der Waals surface area (Å²) in [5, 5.41) is 3.27. The Bertz CT molecular complexity index is 1180. The van der Waals surface area contributed by atoms with Gasteiger partial charge in [0.1, 0.15) is 17.5 Å². The molecule has 2 aromatic carbocycles. The minimum atomic E-state index is -4.19. The third-order valence-corrected chi connectivity index (χ3v) is 7.81. The van der Waals surface area contributed by atoms with Crippen molar-refractivity contribution in [1.82, 2.24) is 14.5 Å². The van der Waals surface area contributed by atoms with E-state index in [-0.39, 0.29) is 23.4 Å². The smallest absolute Gasteiger partial charge is 0.269 e. The Morgan fingerprint density at radius 3 is 2.27 bits per heavy atom. The van der Waals surface area contributed by atoms with Gasteiger partial charge in [0.2, 0.25) is 11.8 Å². The molecule has 1 aliphatic heterocycles. The highest BCUT2D eigenvalue weighted by Gasteiger charge is 2.43. The number of rotatable bonds is 8. The molecule has 8 nitrogen and oxygen atoms in total. The summed E-state index contributed by atoms with van der Waals surface area (Å²) in [7, 11) is -4.19. The Labute approximate surface area is 202 Å². The van der Waals surface area contributed by atoms with Gasteiger partial charge in [0.25, 0.3) is 15.9 Å². The molecule has 176 valence electrons. The van der Waals surface area contributed by atoms with Crippen LogP contribution in [0.15, 0.2) is 47.4 Å². The molecule has 0 aliphatic carbocycles. The summed E-state index contributed by atoms with van der Waals surface area (Å²) in [5.41, 5.74) is 0.414. The molecule has 33 heavy (non-hydrogen) atoms. The molecule has 1 atom stereocenters. The highest BCUT2D eigenvalue weighted by atomic mass is 35.5. The third kappa shape index (κ3) is 4.85. The number of carbonyl (C=O) groups excluding carboxylic acids is 3. The Balaban J connectivity index is 1.97. The molecule has 0 aromatic heterocycles. The minimum absolute atomic E-state index is 0.00164. The number of amides is 3. The van der Waals surface area contributed by atoms with E-state index in [1.165, 1.54) is 23.1 Å². The van der Waals surface area contributed by atoms with E-state index in [2.05, 4.69) is 5.32 Å². The second kappa shape index (κ2) is 10.1. The van der Waals surface area contributed by atoms with E-state index in [1.54, 1.807) is 38.1 Å². The molecule has 0 saturated heterocycles. The van der Waals surface area contributed by atoms with Crippen LogP contribution in [0.2, 0.25) is 10.0 Å². The quantitative estimate of drug-likeness (QED) is 0.586. The summed E-state index contributed by atoms with van der Waals surface area (Å²) >= 11 is 12.6. The number of fused-ring (bicyclic) bond motifs is 1. The monoisotopic (exact) mass is 511 g/mol. The highest BCUT2D eigenvalue weighted by Crippen LogP contribution is 2.31. The summed E-state index contributed by atoms with van der Waals surface area (Å²) in [6.45, 7) is 2.92. The summed E-state index contributed by atoms with van der Waals surface area (Å²) in [5.74, 6) is -1.93. The standard InChI is InChI=1S/C22H23Cl2N3O5S/c1-3-18(21(29)25-4-2)26(12-15-16(23)9-7-10-17(15)24)20(28)13-27-22(30)14-8-5-6-11-19(14)33(27,31)32/h5-11,18H,3-4,12-13H2,1-2H3,(H,25,29). The lowest BCUT2D eigenvalue weighted by Crippen LogP contribution is -2.52. The molecule has 1 N–H and O–H groups in total. The van der Waals surface area contributed by atoms with Gasteiger partial charge >= 0.3 is 0 Å². The Kier molecular flexibility index (Phi) is 7.66. The van der Waals surface area contributed by atoms with Crippen molar-refractivity contribution in [3.8, 4) is 0 Å². The molecular weight excluding hydrogens is 489 g/mol. The van der Waals surface area contributed by atoms with E-state index in [9.17, 15) is 22.8 Å². The zero-order valence-corrected chi connectivity index (χ0v) is 20.4. The molecule has 3 amide bonds. The average Bonchev–Trinajstić information content (AvgIpc) is 2.96. The number of likely N-dealkylation sites (N-methyl/N-ethyl adjacent to an activating group) is 1. The maximum atomic E-state index is 13.4. The van der Waals surface area contributed by atoms with Crippen molar-refractivity contribution in [1.29, 1.82) is 0 Å². The maximum Gasteiger partial charge on any atom is 0.269 e. The van der Waals surface area contributed by atoms with Gasteiger partial charge in [-0.2, -0.15) is 0 Å². The van der Waals surface area contributed by atoms with Crippen molar-refractivity contribution in [2.75, 3.05) is 13.1 Å². The molecule has 0 bridgehead atoms. The van der Waals surface area contributed by atoms with E-state index in [1.807, 2.05) is 0 Å². The van der Waals surface area contributed by atoms with Gasteiger partial charge in [0.15, 0.2) is 0 Å². The van der Waals surface area contributed by atoms with Crippen LogP contribution in [0.4, 0.5) is 0 Å². The van der Waals surface area contributed by atoms with Crippen LogP contribution in [-0.2, 0) is 26.2 Å². The van der Waals surface area contributed by atoms with Crippen molar-refractivity contribution >= 4 is 50.9 Å². The van der Waals surface area contributed by atoms with Gasteiger partial charge < -0.3 is 10.2 Å². The highest BCUT2D eigenvalue weighted by molar-refractivity contribution is 7.90. The molecule has 11 heteroatoms. The SMILES string of the molecule is CCNC(=O)C(CC)N(Cc1c(Cl)cccc1Cl)C(=O)CN1C(=O)c2ccccc2S1(=O)=O. The number of hydrogen-bond acceptors (Lipinski definition) is 5. The van der Waals surface area contributed by atoms with Gasteiger partial charge in [-0.15, -0.1) is 0 Å². The molecule has 2 aromatic rings. The molecule has 1 aliphatic rings. The first-order valence-electron chi connectivity index (χ1n) is 10.3. The molecule has 3 rings (SSSR count). The summed E-state index contributed by atoms with van der Waals surface area (Å²) in [4.78, 5) is 40.0. The van der Waals surface area contributed by atoms with Gasteiger partial charge in [-0.05, 0) is 37.6 Å². The average molecular weight is 512 g/mol. The third-order valence-electron chi connectivity index (χ3n) is 5.32. The van der Waals surface area contributed by atoms with Crippen molar-refractivity contribution in [2.24, 2.45) is 0 Å². The number of hydrogen-bond donors (Lipinski definition) is 1. The van der Waals surface area contributed by atoms with Crippen LogP contribution in [-0.4, -0.2) is 54.5 Å². The molecule has 0 spiro atoms. The van der Waals surface area contributed by atoms with Crippen LogP contribution >= 0.6 is 23.2 Å². The van der Waals surface area contributed by atoms with Gasteiger partial charge in [-0.3, -0.25) is 14.4 Å². The Morgan fingerprint density at radius 1 is 1.06 bits per heavy atom. The van der Waals surface area contributed by atoms with Crippen LogP contribution < -0.4 is 5.32 Å². The molecule has 0 radical (unpaired) electrons. The number of halogens is 2. The fraction of sp³-hybridized carbons (Fsp3) is 0.318. The van der Waals surface area contributed by atoms with E-state index in [4.69, 9.17) is 23.2 Å². The Morgan fingerprint density at radius 2 is 1.70 bits per heavy atom. The van der Waals surface area contributed by atoms with E-state index in [0.717, 1.165) is 0 Å². The van der Waals surface area contributed by atoms with Gasteiger partial charge in [0, 0.05) is 28.7 Å². The fourth-order valence-corrected chi connectivity index (χ4v) is 5.70. The summed E-state index contributed by atoms with van der Waals surface area (Å²) in [6.07, 6.45) is 0.251. The van der Waals surface area contributed by atoms with Crippen LogP contribution in [0.5, 0.6) is 0 Å². The first-order chi connectivity index (χ1) is 15.6. The number of nitrogens with one attached hydrogen (secondary N) is 1. The Hall–Kier alpha value is -2.62. The lowest BCUT2D eigenvalue weighted by Gasteiger charge is -2.32. The van der Waals surface area contributed by atoms with Crippen LogP contribution in [0, 0.1) is 0 Å². The maximum absolute atomic E-state index is 13.4. The van der Waals surface area contributed by atoms with Gasteiger partial charge in [-0.1, -0.05) is 48.3 Å². The summed E-state index contributed by atoms with van der Waals surface area (Å²) in [6, 6.07) is 9.69. The lowest BCUT2D eigenvalue weighted by molar-refractivity contribution is -0.141. The first kappa shape index (κ1) is 25.0. The number of benzene rings is 2. The fourth-order valence-electron chi connectivity index (χ4n) is 3.67. The first-order valence-corrected chi connectivity index (χ1v) is 12.5. The van der Waals surface area contributed by atoms with E-state index < -0.39 is 40.3 Å². The number of sulfonamides is 1. The zero-order valence-electron chi connectivity index (χ0n) is 18.0. The van der Waals surface area contributed by atoms with Gasteiger partial charge in [0.05, 0.1) is 5.56 Å². The molecule has 0 saturated carbocycles. The molecule has 0 fully saturated rings. The van der Waals surface area contributed by atoms with E-state index >= 15 is 0 Å². The minimum Gasteiger partial charge on any atom is -0.355 e. The molecular formula is C22H23Cl2N3O5S. The topological polar surface area (TPSA) is 104 Å².